The van der Waals surface area contributed by atoms with E-state index in [0.717, 1.165) is 44.9 Å². The highest BCUT2D eigenvalue weighted by Gasteiger charge is 2.39. The van der Waals surface area contributed by atoms with Gasteiger partial charge in [0.2, 0.25) is 0 Å². The van der Waals surface area contributed by atoms with Crippen LogP contribution in [0, 0.1) is 0 Å². The highest BCUT2D eigenvalue weighted by molar-refractivity contribution is 5.97. The predicted octanol–water partition coefficient (Wildman–Crippen LogP) is 7.95. The minimum absolute atomic E-state index is 0.0985. The predicted molar refractivity (Wildman–Crippen MR) is 217 cm³/mol. The molecule has 3 N–H and O–H groups in total. The summed E-state index contributed by atoms with van der Waals surface area (Å²) in [5.41, 5.74) is 3.05. The summed E-state index contributed by atoms with van der Waals surface area (Å²) < 4.78 is 16.2. The maximum absolute atomic E-state index is 12.9. The number of benzene rings is 4. The first kappa shape index (κ1) is 41.5. The highest BCUT2D eigenvalue weighted by Crippen LogP contribution is 2.40. The summed E-state index contributed by atoms with van der Waals surface area (Å²) in [7, 11) is 3.12. The minimum Gasteiger partial charge on any atom is -0.496 e. The van der Waals surface area contributed by atoms with Crippen LogP contribution in [-0.2, 0) is 20.4 Å². The summed E-state index contributed by atoms with van der Waals surface area (Å²) in [4.78, 5) is 49.2. The molecule has 0 atom stereocenters. The Labute approximate surface area is 330 Å². The molecule has 0 aliphatic heterocycles. The molecule has 0 unspecified atom stereocenters. The zero-order valence-corrected chi connectivity index (χ0v) is 32.8. The second-order valence-electron chi connectivity index (χ2n) is 14.6. The lowest BCUT2D eigenvalue weighted by Crippen LogP contribution is -2.45. The lowest BCUT2D eigenvalue weighted by Gasteiger charge is -2.40. The summed E-state index contributed by atoms with van der Waals surface area (Å²) in [5, 5.41) is 8.97. The van der Waals surface area contributed by atoms with Crippen LogP contribution in [0.1, 0.15) is 96.6 Å². The van der Waals surface area contributed by atoms with E-state index < -0.39 is 0 Å². The van der Waals surface area contributed by atoms with Crippen molar-refractivity contribution in [2.45, 2.75) is 81.6 Å². The van der Waals surface area contributed by atoms with Crippen molar-refractivity contribution in [1.29, 1.82) is 0 Å². The van der Waals surface area contributed by atoms with Crippen LogP contribution in [0.15, 0.2) is 109 Å². The monoisotopic (exact) mass is 761 g/mol. The molecule has 10 heteroatoms. The average Bonchev–Trinajstić information content (AvgIpc) is 3.26. The maximum Gasteiger partial charge on any atom is 0.407 e. The molecule has 2 aliphatic rings. The Kier molecular flexibility index (Phi) is 15.1. The second kappa shape index (κ2) is 20.3. The first-order valence-electron chi connectivity index (χ1n) is 19.6. The van der Waals surface area contributed by atoms with Crippen LogP contribution in [0.5, 0.6) is 11.5 Å². The van der Waals surface area contributed by atoms with Gasteiger partial charge in [-0.25, -0.2) is 4.79 Å². The largest absolute Gasteiger partial charge is 0.496 e. The molecule has 6 rings (SSSR count). The highest BCUT2D eigenvalue weighted by atomic mass is 16.6. The Hall–Kier alpha value is -5.64. The molecule has 4 aromatic carbocycles. The molecule has 56 heavy (non-hydrogen) atoms. The number of Topliss-reactive ketones (excluding diaryl/α,β-unsaturated/α-hetero) is 1. The summed E-state index contributed by atoms with van der Waals surface area (Å²) in [5.74, 6) is 1.13. The SMILES string of the molecule is CCCNC(=O)OC1CCC(CNC(=O)c2ccccc2OC)(c2ccccc2)CC1.COc1ccccc1C(=O)NCC1(c2ccccc2)CCC(=O)CC1. The molecule has 2 fully saturated rings. The van der Waals surface area contributed by atoms with Gasteiger partial charge >= 0.3 is 6.09 Å². The van der Waals surface area contributed by atoms with Crippen LogP contribution < -0.4 is 25.4 Å². The molecular formula is C46H55N3O7. The summed E-state index contributed by atoms with van der Waals surface area (Å²) >= 11 is 0. The summed E-state index contributed by atoms with van der Waals surface area (Å²) in [6, 6.07) is 34.9. The lowest BCUT2D eigenvalue weighted by molar-refractivity contribution is -0.121. The number of hydrogen-bond acceptors (Lipinski definition) is 7. The van der Waals surface area contributed by atoms with Crippen LogP contribution in [0.2, 0.25) is 0 Å². The quantitative estimate of drug-likeness (QED) is 0.126. The number of amides is 3. The Bertz CT molecular complexity index is 1880. The van der Waals surface area contributed by atoms with Gasteiger partial charge < -0.3 is 30.2 Å². The van der Waals surface area contributed by atoms with E-state index in [1.54, 1.807) is 38.5 Å². The van der Waals surface area contributed by atoms with Crippen molar-refractivity contribution in [2.75, 3.05) is 33.9 Å². The van der Waals surface area contributed by atoms with E-state index in [0.29, 0.717) is 60.9 Å². The van der Waals surface area contributed by atoms with Crippen molar-refractivity contribution >= 4 is 23.7 Å². The zero-order chi connectivity index (χ0) is 39.8. The number of ether oxygens (including phenoxy) is 3. The number of carbonyl (C=O) groups is 4. The second-order valence-corrected chi connectivity index (χ2v) is 14.6. The van der Waals surface area contributed by atoms with Crippen molar-refractivity contribution in [3.05, 3.63) is 131 Å². The number of rotatable bonds is 13. The van der Waals surface area contributed by atoms with Gasteiger partial charge in [-0.2, -0.15) is 0 Å². The van der Waals surface area contributed by atoms with Gasteiger partial charge in [0.25, 0.3) is 11.8 Å². The van der Waals surface area contributed by atoms with E-state index in [4.69, 9.17) is 14.2 Å². The van der Waals surface area contributed by atoms with Crippen molar-refractivity contribution in [3.63, 3.8) is 0 Å². The molecule has 0 saturated heterocycles. The van der Waals surface area contributed by atoms with Gasteiger partial charge in [-0.05, 0) is 80.3 Å². The number of ketones is 1. The van der Waals surface area contributed by atoms with Gasteiger partial charge in [-0.3, -0.25) is 14.4 Å². The van der Waals surface area contributed by atoms with E-state index in [9.17, 15) is 19.2 Å². The van der Waals surface area contributed by atoms with Gasteiger partial charge in [0, 0.05) is 43.3 Å². The number of hydrogen-bond donors (Lipinski definition) is 3. The van der Waals surface area contributed by atoms with Gasteiger partial charge in [-0.15, -0.1) is 0 Å². The fourth-order valence-corrected chi connectivity index (χ4v) is 7.76. The van der Waals surface area contributed by atoms with E-state index in [1.165, 1.54) is 11.1 Å². The standard InChI is InChI=1S/C25H32N2O4.C21H23NO3/c1-3-17-26-24(29)31-20-13-15-25(16-14-20,19-9-5-4-6-10-19)18-27-23(28)21-11-7-8-12-22(21)30-2;1-25-19-10-6-5-9-18(19)20(24)22-15-21(13-11-17(23)12-14-21)16-7-3-2-4-8-16/h4-12,20H,3,13-18H2,1-2H3,(H,26,29)(H,27,28);2-10H,11-15H2,1H3,(H,22,24). The Morgan fingerprint density at radius 2 is 1.04 bits per heavy atom. The van der Waals surface area contributed by atoms with Gasteiger partial charge in [-0.1, -0.05) is 91.9 Å². The van der Waals surface area contributed by atoms with Crippen LogP contribution in [0.25, 0.3) is 0 Å². The molecule has 10 nitrogen and oxygen atoms in total. The molecule has 0 spiro atoms. The van der Waals surface area contributed by atoms with Crippen molar-refractivity contribution in [2.24, 2.45) is 0 Å². The molecule has 3 amide bonds. The van der Waals surface area contributed by atoms with Gasteiger partial charge in [0.15, 0.2) is 0 Å². The molecule has 0 aromatic heterocycles. The van der Waals surface area contributed by atoms with Crippen molar-refractivity contribution in [1.82, 2.24) is 16.0 Å². The molecule has 0 heterocycles. The number of alkyl carbamates (subject to hydrolysis) is 1. The zero-order valence-electron chi connectivity index (χ0n) is 32.8. The topological polar surface area (TPSA) is 132 Å². The summed E-state index contributed by atoms with van der Waals surface area (Å²) in [6.07, 6.45) is 6.29. The first-order chi connectivity index (χ1) is 27.2. The lowest BCUT2D eigenvalue weighted by atomic mass is 9.68. The van der Waals surface area contributed by atoms with Crippen molar-refractivity contribution in [3.8, 4) is 11.5 Å². The van der Waals surface area contributed by atoms with Crippen LogP contribution in [0.4, 0.5) is 4.79 Å². The Morgan fingerprint density at radius 3 is 1.48 bits per heavy atom. The number of para-hydroxylation sites is 2. The van der Waals surface area contributed by atoms with Crippen LogP contribution >= 0.6 is 0 Å². The summed E-state index contributed by atoms with van der Waals surface area (Å²) in [6.45, 7) is 3.66. The normalized spacial score (nSPS) is 18.6. The molecule has 4 aromatic rings. The fraction of sp³-hybridized carbons (Fsp3) is 0.391. The molecule has 0 radical (unpaired) electrons. The van der Waals surface area contributed by atoms with E-state index >= 15 is 0 Å². The van der Waals surface area contributed by atoms with Crippen LogP contribution in [0.3, 0.4) is 0 Å². The van der Waals surface area contributed by atoms with Crippen molar-refractivity contribution < 1.29 is 33.4 Å². The number of carbonyl (C=O) groups excluding carboxylic acids is 4. The van der Waals surface area contributed by atoms with Crippen LogP contribution in [-0.4, -0.2) is 63.6 Å². The third-order valence-corrected chi connectivity index (χ3v) is 11.1. The maximum atomic E-state index is 12.9. The Morgan fingerprint density at radius 1 is 0.607 bits per heavy atom. The molecule has 2 saturated carbocycles. The molecule has 2 aliphatic carbocycles. The fourth-order valence-electron chi connectivity index (χ4n) is 7.76. The van der Waals surface area contributed by atoms with E-state index in [2.05, 4.69) is 40.2 Å². The van der Waals surface area contributed by atoms with Gasteiger partial charge in [0.05, 0.1) is 25.3 Å². The first-order valence-corrected chi connectivity index (χ1v) is 19.6. The molecular weight excluding hydrogens is 707 g/mol. The van der Waals surface area contributed by atoms with Gasteiger partial charge in [0.1, 0.15) is 23.4 Å². The average molecular weight is 762 g/mol. The molecule has 0 bridgehead atoms. The number of nitrogens with one attached hydrogen (secondary N) is 3. The Balaban J connectivity index is 0.000000219. The third kappa shape index (κ3) is 10.8. The van der Waals surface area contributed by atoms with E-state index in [-0.39, 0.29) is 34.8 Å². The van der Waals surface area contributed by atoms with E-state index in [1.807, 2.05) is 67.6 Å². The minimum atomic E-state index is -0.344. The third-order valence-electron chi connectivity index (χ3n) is 11.1. The smallest absolute Gasteiger partial charge is 0.407 e. The number of methoxy groups -OCH3 is 2. The molecule has 296 valence electrons.